The molecule has 2 unspecified atom stereocenters. The summed E-state index contributed by atoms with van der Waals surface area (Å²) in [5.41, 5.74) is 7.38. The van der Waals surface area contributed by atoms with Gasteiger partial charge in [-0.3, -0.25) is 20.3 Å². The average molecular weight is 414 g/mol. The van der Waals surface area contributed by atoms with E-state index < -0.39 is 4.92 Å². The molecule has 0 radical (unpaired) electrons. The Morgan fingerprint density at radius 3 is 2.42 bits per heavy atom. The first-order valence-corrected chi connectivity index (χ1v) is 10.4. The number of hydrogen-bond acceptors (Lipinski definition) is 5. The van der Waals surface area contributed by atoms with Crippen molar-refractivity contribution in [2.45, 2.75) is 31.5 Å². The third kappa shape index (κ3) is 3.48. The van der Waals surface area contributed by atoms with Crippen LogP contribution in [-0.2, 0) is 17.6 Å². The lowest BCUT2D eigenvalue weighted by atomic mass is 9.96. The lowest BCUT2D eigenvalue weighted by Crippen LogP contribution is -2.46. The van der Waals surface area contributed by atoms with Crippen LogP contribution < -0.4 is 10.3 Å². The topological polar surface area (TPSA) is 78.7 Å². The molecule has 2 aliphatic heterocycles. The van der Waals surface area contributed by atoms with Crippen LogP contribution in [0.4, 0.5) is 17.1 Å². The van der Waals surface area contributed by atoms with Crippen molar-refractivity contribution in [3.05, 3.63) is 100 Å². The summed E-state index contributed by atoms with van der Waals surface area (Å²) < 4.78 is 0. The van der Waals surface area contributed by atoms with Gasteiger partial charge in [0.1, 0.15) is 12.2 Å². The second-order valence-electron chi connectivity index (χ2n) is 7.88. The van der Waals surface area contributed by atoms with Gasteiger partial charge in [-0.1, -0.05) is 48.5 Å². The van der Waals surface area contributed by atoms with E-state index in [0.29, 0.717) is 12.1 Å². The lowest BCUT2D eigenvalue weighted by Gasteiger charge is -2.37. The van der Waals surface area contributed by atoms with E-state index in [4.69, 9.17) is 0 Å². The summed E-state index contributed by atoms with van der Waals surface area (Å²) in [7, 11) is 0. The molecule has 0 saturated carbocycles. The summed E-state index contributed by atoms with van der Waals surface area (Å²) >= 11 is 0. The number of non-ortho nitro benzene ring substituents is 1. The number of nitrogens with one attached hydrogen (secondary N) is 1. The van der Waals surface area contributed by atoms with E-state index >= 15 is 0 Å². The summed E-state index contributed by atoms with van der Waals surface area (Å²) in [4.78, 5) is 26.2. The summed E-state index contributed by atoms with van der Waals surface area (Å²) in [6.45, 7) is 0. The Hall–Kier alpha value is -3.87. The van der Waals surface area contributed by atoms with Gasteiger partial charge in [-0.25, -0.2) is 5.01 Å². The molecule has 2 atom stereocenters. The highest BCUT2D eigenvalue weighted by Crippen LogP contribution is 2.39. The normalized spacial score (nSPS) is 19.7. The second-order valence-corrected chi connectivity index (χ2v) is 7.88. The van der Waals surface area contributed by atoms with E-state index in [-0.39, 0.29) is 23.8 Å². The zero-order valence-electron chi connectivity index (χ0n) is 16.8. The fraction of sp³-hybridized carbons (Fsp3) is 0.208. The van der Waals surface area contributed by atoms with Crippen LogP contribution in [0.5, 0.6) is 0 Å². The van der Waals surface area contributed by atoms with Crippen molar-refractivity contribution in [3.8, 4) is 0 Å². The molecule has 1 fully saturated rings. The molecule has 5 rings (SSSR count). The van der Waals surface area contributed by atoms with Gasteiger partial charge in [0.2, 0.25) is 0 Å². The molecular weight excluding hydrogens is 392 g/mol. The summed E-state index contributed by atoms with van der Waals surface area (Å²) in [5, 5.41) is 12.7. The maximum Gasteiger partial charge on any atom is 0.269 e. The van der Waals surface area contributed by atoms with Crippen LogP contribution in [0.3, 0.4) is 0 Å². The molecule has 156 valence electrons. The molecule has 7 nitrogen and oxygen atoms in total. The number of aryl methyl sites for hydroxylation is 1. The van der Waals surface area contributed by atoms with Gasteiger partial charge in [0.05, 0.1) is 10.6 Å². The monoisotopic (exact) mass is 414 g/mol. The molecule has 0 aliphatic carbocycles. The fourth-order valence-corrected chi connectivity index (χ4v) is 4.56. The number of nitrogens with zero attached hydrogens (tertiary/aromatic N) is 3. The molecule has 2 aliphatic rings. The Morgan fingerprint density at radius 2 is 1.68 bits per heavy atom. The van der Waals surface area contributed by atoms with Gasteiger partial charge in [-0.2, -0.15) is 0 Å². The average Bonchev–Trinajstić information content (AvgIpc) is 3.06. The van der Waals surface area contributed by atoms with Crippen LogP contribution in [0.25, 0.3) is 0 Å². The summed E-state index contributed by atoms with van der Waals surface area (Å²) in [6.07, 6.45) is 2.08. The summed E-state index contributed by atoms with van der Waals surface area (Å²) in [5.74, 6) is 0.0220. The SMILES string of the molecule is O=C1C2CCc3ccccc3N2C(Cc2ccccc2)N1Nc1ccc([N+](=O)[O-])cc1. The number of hydrazine groups is 1. The highest BCUT2D eigenvalue weighted by molar-refractivity contribution is 5.91. The zero-order chi connectivity index (χ0) is 21.4. The largest absolute Gasteiger partial charge is 0.337 e. The first-order chi connectivity index (χ1) is 15.1. The van der Waals surface area contributed by atoms with Crippen molar-refractivity contribution in [3.63, 3.8) is 0 Å². The molecule has 1 saturated heterocycles. The number of fused-ring (bicyclic) bond motifs is 3. The first-order valence-electron chi connectivity index (χ1n) is 10.4. The molecule has 0 bridgehead atoms. The van der Waals surface area contributed by atoms with Gasteiger partial charge in [-0.05, 0) is 42.2 Å². The molecule has 7 heteroatoms. The third-order valence-electron chi connectivity index (χ3n) is 6.02. The van der Waals surface area contributed by atoms with E-state index in [2.05, 4.69) is 34.6 Å². The number of carbonyl (C=O) groups excluding carboxylic acids is 1. The predicted octanol–water partition coefficient (Wildman–Crippen LogP) is 4.15. The number of rotatable bonds is 5. The van der Waals surface area contributed by atoms with Gasteiger partial charge in [0.25, 0.3) is 11.6 Å². The Morgan fingerprint density at radius 1 is 0.968 bits per heavy atom. The van der Waals surface area contributed by atoms with E-state index in [0.717, 1.165) is 24.1 Å². The Kier molecular flexibility index (Phi) is 4.78. The molecular formula is C24H22N4O3. The minimum Gasteiger partial charge on any atom is -0.337 e. The number of nitro benzene ring substituents is 1. The first kappa shape index (κ1) is 19.1. The van der Waals surface area contributed by atoms with Gasteiger partial charge >= 0.3 is 0 Å². The smallest absolute Gasteiger partial charge is 0.269 e. The Bertz CT molecular complexity index is 1120. The van der Waals surface area contributed by atoms with Crippen molar-refractivity contribution in [2.75, 3.05) is 10.3 Å². The molecule has 1 amide bonds. The second kappa shape index (κ2) is 7.75. The van der Waals surface area contributed by atoms with Crippen molar-refractivity contribution >= 4 is 23.0 Å². The standard InChI is InChI=1S/C24H22N4O3/c29-24-22-15-10-18-8-4-5-9-21(18)26(22)23(16-17-6-2-1-3-7-17)27(24)25-19-11-13-20(14-12-19)28(30)31/h1-9,11-14,22-23,25H,10,15-16H2. The van der Waals surface area contributed by atoms with Crippen molar-refractivity contribution < 1.29 is 9.72 Å². The number of carbonyl (C=O) groups is 1. The third-order valence-corrected chi connectivity index (χ3v) is 6.02. The van der Waals surface area contributed by atoms with E-state index in [1.807, 2.05) is 30.3 Å². The fourth-order valence-electron chi connectivity index (χ4n) is 4.56. The van der Waals surface area contributed by atoms with Gasteiger partial charge < -0.3 is 4.90 Å². The number of benzene rings is 3. The maximum atomic E-state index is 13.4. The van der Waals surface area contributed by atoms with Gasteiger partial charge in [0.15, 0.2) is 0 Å². The van der Waals surface area contributed by atoms with E-state index in [1.54, 1.807) is 17.1 Å². The number of para-hydroxylation sites is 1. The number of hydrogen-bond donors (Lipinski definition) is 1. The molecule has 1 N–H and O–H groups in total. The molecule has 0 spiro atoms. The number of amides is 1. The van der Waals surface area contributed by atoms with E-state index in [9.17, 15) is 14.9 Å². The minimum absolute atomic E-state index is 0.0190. The molecule has 2 heterocycles. The molecule has 3 aromatic carbocycles. The highest BCUT2D eigenvalue weighted by Gasteiger charge is 2.48. The predicted molar refractivity (Wildman–Crippen MR) is 119 cm³/mol. The minimum atomic E-state index is -0.430. The highest BCUT2D eigenvalue weighted by atomic mass is 16.6. The van der Waals surface area contributed by atoms with Crippen LogP contribution in [0.1, 0.15) is 17.5 Å². The van der Waals surface area contributed by atoms with Crippen molar-refractivity contribution in [1.29, 1.82) is 0 Å². The molecule has 0 aromatic heterocycles. The maximum absolute atomic E-state index is 13.4. The number of nitro groups is 1. The van der Waals surface area contributed by atoms with Crippen LogP contribution >= 0.6 is 0 Å². The van der Waals surface area contributed by atoms with Crippen LogP contribution in [0, 0.1) is 10.1 Å². The van der Waals surface area contributed by atoms with Crippen molar-refractivity contribution in [1.82, 2.24) is 5.01 Å². The molecule has 31 heavy (non-hydrogen) atoms. The van der Waals surface area contributed by atoms with Gasteiger partial charge in [0, 0.05) is 24.2 Å². The van der Waals surface area contributed by atoms with Gasteiger partial charge in [-0.15, -0.1) is 0 Å². The van der Waals surface area contributed by atoms with Crippen LogP contribution in [0.15, 0.2) is 78.9 Å². The Labute approximate surface area is 180 Å². The lowest BCUT2D eigenvalue weighted by molar-refractivity contribution is -0.384. The van der Waals surface area contributed by atoms with E-state index in [1.165, 1.54) is 17.7 Å². The quantitative estimate of drug-likeness (QED) is 0.501. The Balaban J connectivity index is 1.51. The van der Waals surface area contributed by atoms with Crippen LogP contribution in [0.2, 0.25) is 0 Å². The summed E-state index contributed by atoms with van der Waals surface area (Å²) in [6, 6.07) is 24.3. The zero-order valence-corrected chi connectivity index (χ0v) is 16.8. The van der Waals surface area contributed by atoms with Crippen molar-refractivity contribution in [2.24, 2.45) is 0 Å². The molecule has 3 aromatic rings. The number of anilines is 2. The van der Waals surface area contributed by atoms with Crippen LogP contribution in [-0.4, -0.2) is 28.0 Å².